The minimum Gasteiger partial charge on any atom is -0.504 e. The average molecular weight is 489 g/mol. The SMILES string of the molecule is CC=Cc1cc(OC)c2c(c1)[C@@H](C)[C@H](c1ccc(OC(=O)C=Cc3ccc(O)c(O)c3)c(OC)c1)O2. The van der Waals surface area contributed by atoms with Gasteiger partial charge < -0.3 is 29.2 Å². The molecule has 36 heavy (non-hydrogen) atoms. The van der Waals surface area contributed by atoms with Crippen LogP contribution in [0, 0.1) is 0 Å². The van der Waals surface area contributed by atoms with Crippen LogP contribution in [0.15, 0.2) is 60.7 Å². The fourth-order valence-corrected chi connectivity index (χ4v) is 4.20. The van der Waals surface area contributed by atoms with Crippen molar-refractivity contribution in [2.75, 3.05) is 14.2 Å². The van der Waals surface area contributed by atoms with Crippen molar-refractivity contribution in [1.82, 2.24) is 0 Å². The molecule has 1 heterocycles. The number of fused-ring (bicyclic) bond motifs is 1. The summed E-state index contributed by atoms with van der Waals surface area (Å²) >= 11 is 0. The van der Waals surface area contributed by atoms with Crippen molar-refractivity contribution in [3.8, 4) is 34.5 Å². The number of rotatable bonds is 7. The average Bonchev–Trinajstić information content (AvgIpc) is 3.21. The molecule has 186 valence electrons. The summed E-state index contributed by atoms with van der Waals surface area (Å²) in [6.07, 6.45) is 6.44. The fourth-order valence-electron chi connectivity index (χ4n) is 4.20. The quantitative estimate of drug-likeness (QED) is 0.182. The van der Waals surface area contributed by atoms with Gasteiger partial charge in [-0.05, 0) is 66.1 Å². The second kappa shape index (κ2) is 10.5. The highest BCUT2D eigenvalue weighted by molar-refractivity contribution is 5.89. The van der Waals surface area contributed by atoms with E-state index in [9.17, 15) is 15.0 Å². The number of ether oxygens (including phenoxy) is 4. The maximum absolute atomic E-state index is 12.4. The van der Waals surface area contributed by atoms with E-state index in [0.29, 0.717) is 17.1 Å². The zero-order chi connectivity index (χ0) is 25.8. The first-order chi connectivity index (χ1) is 17.3. The van der Waals surface area contributed by atoms with E-state index in [4.69, 9.17) is 18.9 Å². The number of benzene rings is 3. The number of carbonyl (C=O) groups excluding carboxylic acids is 1. The summed E-state index contributed by atoms with van der Waals surface area (Å²) < 4.78 is 22.9. The molecule has 7 nitrogen and oxygen atoms in total. The number of esters is 1. The lowest BCUT2D eigenvalue weighted by Crippen LogP contribution is -2.09. The Morgan fingerprint density at radius 1 is 0.889 bits per heavy atom. The van der Waals surface area contributed by atoms with Crippen LogP contribution in [0.1, 0.15) is 48.1 Å². The molecule has 0 aromatic heterocycles. The number of allylic oxidation sites excluding steroid dienone is 1. The normalized spacial score (nSPS) is 16.7. The standard InChI is InChI=1S/C29H28O7/c1-5-6-19-13-21-17(2)28(36-29(21)26(15-19)34-4)20-9-11-24(25(16-20)33-3)35-27(32)12-8-18-7-10-22(30)23(31)14-18/h5-17,28,30-31H,1-4H3/t17-,28-/m1/s1. The third-order valence-corrected chi connectivity index (χ3v) is 6.01. The van der Waals surface area contributed by atoms with Crippen LogP contribution in [0.3, 0.4) is 0 Å². The van der Waals surface area contributed by atoms with Crippen molar-refractivity contribution < 1.29 is 34.0 Å². The van der Waals surface area contributed by atoms with E-state index in [-0.39, 0.29) is 29.3 Å². The largest absolute Gasteiger partial charge is 0.504 e. The molecule has 0 bridgehead atoms. The van der Waals surface area contributed by atoms with E-state index in [1.165, 1.54) is 31.4 Å². The topological polar surface area (TPSA) is 94.5 Å². The summed E-state index contributed by atoms with van der Waals surface area (Å²) in [5.41, 5.74) is 3.51. The van der Waals surface area contributed by atoms with E-state index < -0.39 is 5.97 Å². The van der Waals surface area contributed by atoms with Crippen LogP contribution in [-0.4, -0.2) is 30.4 Å². The van der Waals surface area contributed by atoms with E-state index in [1.54, 1.807) is 25.3 Å². The van der Waals surface area contributed by atoms with Crippen LogP contribution in [-0.2, 0) is 4.79 Å². The van der Waals surface area contributed by atoms with Crippen molar-refractivity contribution in [1.29, 1.82) is 0 Å². The van der Waals surface area contributed by atoms with Crippen LogP contribution in [0.4, 0.5) is 0 Å². The number of hydrogen-bond acceptors (Lipinski definition) is 7. The summed E-state index contributed by atoms with van der Waals surface area (Å²) in [4.78, 5) is 12.4. The Kier molecular flexibility index (Phi) is 7.20. The second-order valence-corrected chi connectivity index (χ2v) is 8.38. The molecule has 0 unspecified atom stereocenters. The van der Waals surface area contributed by atoms with Gasteiger partial charge in [-0.3, -0.25) is 0 Å². The smallest absolute Gasteiger partial charge is 0.336 e. The van der Waals surface area contributed by atoms with Crippen LogP contribution in [0.2, 0.25) is 0 Å². The Hall–Kier alpha value is -4.39. The van der Waals surface area contributed by atoms with Gasteiger partial charge in [0.1, 0.15) is 6.10 Å². The molecule has 0 amide bonds. The highest BCUT2D eigenvalue weighted by atomic mass is 16.6. The van der Waals surface area contributed by atoms with Crippen LogP contribution in [0.5, 0.6) is 34.5 Å². The van der Waals surface area contributed by atoms with Gasteiger partial charge in [-0.25, -0.2) is 4.79 Å². The Morgan fingerprint density at radius 3 is 2.36 bits per heavy atom. The van der Waals surface area contributed by atoms with Crippen molar-refractivity contribution in [2.45, 2.75) is 25.9 Å². The maximum atomic E-state index is 12.4. The highest BCUT2D eigenvalue weighted by Gasteiger charge is 2.35. The second-order valence-electron chi connectivity index (χ2n) is 8.38. The summed E-state index contributed by atoms with van der Waals surface area (Å²) in [5.74, 6) is 0.994. The number of hydrogen-bond donors (Lipinski definition) is 2. The maximum Gasteiger partial charge on any atom is 0.336 e. The van der Waals surface area contributed by atoms with Gasteiger partial charge >= 0.3 is 5.97 Å². The van der Waals surface area contributed by atoms with Crippen LogP contribution < -0.4 is 18.9 Å². The van der Waals surface area contributed by atoms with E-state index in [0.717, 1.165) is 22.4 Å². The third-order valence-electron chi connectivity index (χ3n) is 6.01. The van der Waals surface area contributed by atoms with Crippen molar-refractivity contribution in [3.05, 3.63) is 82.9 Å². The molecule has 0 saturated carbocycles. The zero-order valence-corrected chi connectivity index (χ0v) is 20.5. The van der Waals surface area contributed by atoms with Crippen LogP contribution in [0.25, 0.3) is 12.2 Å². The van der Waals surface area contributed by atoms with Gasteiger partial charge in [0.25, 0.3) is 0 Å². The third kappa shape index (κ3) is 5.00. The molecular formula is C29H28O7. The van der Waals surface area contributed by atoms with Crippen molar-refractivity contribution in [3.63, 3.8) is 0 Å². The predicted octanol–water partition coefficient (Wildman–Crippen LogP) is 6.00. The minimum atomic E-state index is -0.618. The predicted molar refractivity (Wildman–Crippen MR) is 137 cm³/mol. The molecule has 0 saturated heterocycles. The molecule has 0 fully saturated rings. The first-order valence-corrected chi connectivity index (χ1v) is 11.5. The van der Waals surface area contributed by atoms with Gasteiger partial charge in [-0.15, -0.1) is 0 Å². The molecular weight excluding hydrogens is 460 g/mol. The molecule has 0 aliphatic carbocycles. The summed E-state index contributed by atoms with van der Waals surface area (Å²) in [7, 11) is 3.13. The van der Waals surface area contributed by atoms with Crippen molar-refractivity contribution in [2.24, 2.45) is 0 Å². The molecule has 3 aromatic rings. The Labute approximate surface area is 209 Å². The number of phenolic OH excluding ortho intramolecular Hbond substituents is 2. The van der Waals surface area contributed by atoms with Gasteiger partial charge in [-0.2, -0.15) is 0 Å². The molecule has 4 rings (SSSR count). The highest BCUT2D eigenvalue weighted by Crippen LogP contribution is 2.51. The Morgan fingerprint density at radius 2 is 1.67 bits per heavy atom. The lowest BCUT2D eigenvalue weighted by Gasteiger charge is -2.18. The van der Waals surface area contributed by atoms with Gasteiger partial charge in [0.15, 0.2) is 34.5 Å². The molecule has 2 N–H and O–H groups in total. The number of aromatic hydroxyl groups is 2. The van der Waals surface area contributed by atoms with Crippen molar-refractivity contribution >= 4 is 18.1 Å². The number of carbonyl (C=O) groups is 1. The summed E-state index contributed by atoms with van der Waals surface area (Å²) in [5, 5.41) is 19.0. The monoisotopic (exact) mass is 488 g/mol. The molecule has 0 spiro atoms. The molecule has 1 aliphatic heterocycles. The molecule has 7 heteroatoms. The summed E-state index contributed by atoms with van der Waals surface area (Å²) in [6.45, 7) is 4.07. The van der Waals surface area contributed by atoms with Crippen LogP contribution >= 0.6 is 0 Å². The number of phenols is 2. The number of methoxy groups -OCH3 is 2. The van der Waals surface area contributed by atoms with Gasteiger partial charge in [0.05, 0.1) is 14.2 Å². The summed E-state index contributed by atoms with van der Waals surface area (Å²) in [6, 6.07) is 13.6. The first-order valence-electron chi connectivity index (χ1n) is 11.5. The fraction of sp³-hybridized carbons (Fsp3) is 0.207. The van der Waals surface area contributed by atoms with E-state index >= 15 is 0 Å². The molecule has 2 atom stereocenters. The zero-order valence-electron chi connectivity index (χ0n) is 20.5. The molecule has 0 radical (unpaired) electrons. The lowest BCUT2D eigenvalue weighted by molar-refractivity contribution is -0.129. The molecule has 1 aliphatic rings. The van der Waals surface area contributed by atoms with E-state index in [2.05, 4.69) is 13.0 Å². The minimum absolute atomic E-state index is 0.0573. The first kappa shape index (κ1) is 24.7. The Balaban J connectivity index is 1.53. The van der Waals surface area contributed by atoms with Gasteiger partial charge in [0, 0.05) is 17.6 Å². The molecule has 3 aromatic carbocycles. The van der Waals surface area contributed by atoms with Gasteiger partial charge in [-0.1, -0.05) is 31.2 Å². The van der Waals surface area contributed by atoms with E-state index in [1.807, 2.05) is 31.2 Å². The lowest BCUT2D eigenvalue weighted by atomic mass is 9.91. The van der Waals surface area contributed by atoms with Gasteiger partial charge in [0.2, 0.25) is 0 Å². The Bertz CT molecular complexity index is 1340.